The molecule has 0 spiro atoms. The van der Waals surface area contributed by atoms with Crippen molar-refractivity contribution in [2.75, 3.05) is 0 Å². The molecule has 0 saturated heterocycles. The van der Waals surface area contributed by atoms with E-state index in [2.05, 4.69) is 25.8 Å². The lowest BCUT2D eigenvalue weighted by atomic mass is 9.98. The van der Waals surface area contributed by atoms with Gasteiger partial charge in [-0.15, -0.1) is 11.3 Å². The second kappa shape index (κ2) is 3.44. The maximum Gasteiger partial charge on any atom is 0.136 e. The summed E-state index contributed by atoms with van der Waals surface area (Å²) in [6, 6.07) is 1.38. The van der Waals surface area contributed by atoms with Crippen molar-refractivity contribution in [3.05, 3.63) is 16.1 Å². The molecule has 4 heteroatoms. The van der Waals surface area contributed by atoms with Gasteiger partial charge in [-0.3, -0.25) is 0 Å². The van der Waals surface area contributed by atoms with Gasteiger partial charge in [0, 0.05) is 10.8 Å². The van der Waals surface area contributed by atoms with Crippen LogP contribution in [0.1, 0.15) is 37.5 Å². The van der Waals surface area contributed by atoms with Crippen molar-refractivity contribution in [2.45, 2.75) is 32.2 Å². The average molecular weight is 195 g/mol. The third kappa shape index (κ3) is 2.27. The molecule has 2 N–H and O–H groups in total. The van der Waals surface area contributed by atoms with E-state index in [9.17, 15) is 0 Å². The molecule has 13 heavy (non-hydrogen) atoms. The zero-order chi connectivity index (χ0) is 10.1. The number of thiazole rings is 1. The van der Waals surface area contributed by atoms with Crippen molar-refractivity contribution in [3.8, 4) is 6.07 Å². The third-order valence-electron chi connectivity index (χ3n) is 1.62. The molecule has 1 aromatic rings. The average Bonchev–Trinajstić information content (AvgIpc) is 2.50. The molecule has 0 amide bonds. The lowest BCUT2D eigenvalue weighted by Crippen LogP contribution is -2.12. The van der Waals surface area contributed by atoms with Gasteiger partial charge >= 0.3 is 0 Å². The number of aromatic nitrogens is 1. The fraction of sp³-hybridized carbons (Fsp3) is 0.556. The minimum atomic E-state index is -0.590. The molecule has 1 unspecified atom stereocenters. The van der Waals surface area contributed by atoms with Gasteiger partial charge in [-0.1, -0.05) is 20.8 Å². The van der Waals surface area contributed by atoms with E-state index in [0.29, 0.717) is 5.69 Å². The molecule has 1 atom stereocenters. The molecule has 0 aliphatic rings. The number of nitrogens with two attached hydrogens (primary N) is 1. The first-order chi connectivity index (χ1) is 5.95. The Bertz CT molecular complexity index is 329. The van der Waals surface area contributed by atoms with Crippen LogP contribution in [0.3, 0.4) is 0 Å². The Morgan fingerprint density at radius 3 is 2.62 bits per heavy atom. The van der Waals surface area contributed by atoms with Crippen LogP contribution in [0.5, 0.6) is 0 Å². The van der Waals surface area contributed by atoms with Gasteiger partial charge in [-0.05, 0) is 0 Å². The van der Waals surface area contributed by atoms with Gasteiger partial charge in [0.25, 0.3) is 0 Å². The van der Waals surface area contributed by atoms with E-state index in [4.69, 9.17) is 11.0 Å². The second-order valence-corrected chi connectivity index (χ2v) is 4.79. The van der Waals surface area contributed by atoms with Crippen molar-refractivity contribution in [1.29, 1.82) is 5.26 Å². The first-order valence-electron chi connectivity index (χ1n) is 4.06. The van der Waals surface area contributed by atoms with Crippen molar-refractivity contribution in [1.82, 2.24) is 4.98 Å². The van der Waals surface area contributed by atoms with Crippen LogP contribution >= 0.6 is 11.3 Å². The van der Waals surface area contributed by atoms with E-state index in [0.717, 1.165) is 5.01 Å². The first-order valence-corrected chi connectivity index (χ1v) is 4.94. The quantitative estimate of drug-likeness (QED) is 0.745. The fourth-order valence-electron chi connectivity index (χ4n) is 0.840. The topological polar surface area (TPSA) is 62.7 Å². The molecule has 1 rings (SSSR count). The summed E-state index contributed by atoms with van der Waals surface area (Å²) in [6.45, 7) is 6.27. The van der Waals surface area contributed by atoms with Crippen LogP contribution in [-0.2, 0) is 5.41 Å². The van der Waals surface area contributed by atoms with Crippen molar-refractivity contribution in [3.63, 3.8) is 0 Å². The predicted molar refractivity (Wildman–Crippen MR) is 53.4 cm³/mol. The van der Waals surface area contributed by atoms with Crippen LogP contribution < -0.4 is 5.73 Å². The van der Waals surface area contributed by atoms with Crippen LogP contribution in [-0.4, -0.2) is 4.98 Å². The Balaban J connectivity index is 2.95. The van der Waals surface area contributed by atoms with Crippen molar-refractivity contribution >= 4 is 11.3 Å². The summed E-state index contributed by atoms with van der Waals surface area (Å²) in [4.78, 5) is 4.32. The highest BCUT2D eigenvalue weighted by atomic mass is 32.1. The number of nitriles is 1. The van der Waals surface area contributed by atoms with Gasteiger partial charge in [0.15, 0.2) is 0 Å². The summed E-state index contributed by atoms with van der Waals surface area (Å²) >= 11 is 1.56. The van der Waals surface area contributed by atoms with E-state index >= 15 is 0 Å². The molecule has 0 fully saturated rings. The third-order valence-corrected chi connectivity index (χ3v) is 2.91. The molecule has 3 nitrogen and oxygen atoms in total. The van der Waals surface area contributed by atoms with Crippen molar-refractivity contribution < 1.29 is 0 Å². The van der Waals surface area contributed by atoms with Crippen molar-refractivity contribution in [2.24, 2.45) is 5.73 Å². The highest BCUT2D eigenvalue weighted by Crippen LogP contribution is 2.26. The Labute approximate surface area is 82.2 Å². The maximum absolute atomic E-state index is 8.59. The zero-order valence-corrected chi connectivity index (χ0v) is 8.85. The summed E-state index contributed by atoms with van der Waals surface area (Å²) in [5.74, 6) is 0. The largest absolute Gasteiger partial charge is 0.311 e. The smallest absolute Gasteiger partial charge is 0.136 e. The number of rotatable bonds is 1. The molecular formula is C9H13N3S. The normalized spacial score (nSPS) is 13.8. The van der Waals surface area contributed by atoms with Gasteiger partial charge in [0.1, 0.15) is 6.04 Å². The summed E-state index contributed by atoms with van der Waals surface area (Å²) in [5.41, 5.74) is 6.25. The zero-order valence-electron chi connectivity index (χ0n) is 8.03. The predicted octanol–water partition coefficient (Wildman–Crippen LogP) is 1.96. The number of hydrogen-bond donors (Lipinski definition) is 1. The molecule has 70 valence electrons. The maximum atomic E-state index is 8.59. The van der Waals surface area contributed by atoms with Crippen LogP contribution in [0.15, 0.2) is 5.38 Å². The van der Waals surface area contributed by atoms with Gasteiger partial charge in [0.05, 0.1) is 16.8 Å². The van der Waals surface area contributed by atoms with Gasteiger partial charge in [-0.25, -0.2) is 4.98 Å². The van der Waals surface area contributed by atoms with Crippen LogP contribution in [0.25, 0.3) is 0 Å². The van der Waals surface area contributed by atoms with Gasteiger partial charge in [0.2, 0.25) is 0 Å². The molecule has 1 aromatic heterocycles. The first kappa shape index (κ1) is 10.2. The minimum Gasteiger partial charge on any atom is -0.311 e. The molecule has 0 aliphatic carbocycles. The van der Waals surface area contributed by atoms with E-state index in [1.54, 1.807) is 11.3 Å². The minimum absolute atomic E-state index is 0.0398. The molecule has 0 bridgehead atoms. The summed E-state index contributed by atoms with van der Waals surface area (Å²) in [7, 11) is 0. The number of hydrogen-bond acceptors (Lipinski definition) is 4. The SMILES string of the molecule is CC(C)(C)c1nc(C(N)C#N)cs1. The van der Waals surface area contributed by atoms with Crippen LogP contribution in [0, 0.1) is 11.3 Å². The summed E-state index contributed by atoms with van der Waals surface area (Å²) in [6.07, 6.45) is 0. The highest BCUT2D eigenvalue weighted by Gasteiger charge is 2.19. The van der Waals surface area contributed by atoms with E-state index < -0.39 is 6.04 Å². The highest BCUT2D eigenvalue weighted by molar-refractivity contribution is 7.09. The Hall–Kier alpha value is -0.920. The van der Waals surface area contributed by atoms with Gasteiger partial charge < -0.3 is 5.73 Å². The van der Waals surface area contributed by atoms with E-state index in [1.807, 2.05) is 11.4 Å². The molecule has 0 saturated carbocycles. The summed E-state index contributed by atoms with van der Waals surface area (Å²) < 4.78 is 0. The molecule has 1 heterocycles. The monoisotopic (exact) mass is 195 g/mol. The Morgan fingerprint density at radius 1 is 1.62 bits per heavy atom. The molecule has 0 aromatic carbocycles. The van der Waals surface area contributed by atoms with Crippen LogP contribution in [0.2, 0.25) is 0 Å². The molecule has 0 aliphatic heterocycles. The second-order valence-electron chi connectivity index (χ2n) is 3.93. The number of nitrogens with zero attached hydrogens (tertiary/aromatic N) is 2. The summed E-state index contributed by atoms with van der Waals surface area (Å²) in [5, 5.41) is 11.5. The fourth-order valence-corrected chi connectivity index (χ4v) is 1.78. The Morgan fingerprint density at radius 2 is 2.23 bits per heavy atom. The molecular weight excluding hydrogens is 182 g/mol. The van der Waals surface area contributed by atoms with E-state index in [-0.39, 0.29) is 5.41 Å². The van der Waals surface area contributed by atoms with E-state index in [1.165, 1.54) is 0 Å². The molecule has 0 radical (unpaired) electrons. The Kier molecular flexibility index (Phi) is 2.69. The van der Waals surface area contributed by atoms with Crippen LogP contribution in [0.4, 0.5) is 0 Å². The lowest BCUT2D eigenvalue weighted by Gasteiger charge is -2.13. The standard InChI is InChI=1S/C9H13N3S/c1-9(2,3)8-12-7(5-13-8)6(11)4-10/h5-6H,11H2,1-3H3. The lowest BCUT2D eigenvalue weighted by molar-refractivity contribution is 0.582. The van der Waals surface area contributed by atoms with Gasteiger partial charge in [-0.2, -0.15) is 5.26 Å².